The largest absolute Gasteiger partial charge is 0.326 e. The maximum atomic E-state index is 12.8. The zero-order valence-electron chi connectivity index (χ0n) is 11.4. The number of nitrogens with zero attached hydrogens (tertiary/aromatic N) is 2. The van der Waals surface area contributed by atoms with Crippen LogP contribution in [0.5, 0.6) is 0 Å². The maximum Gasteiger partial charge on any atom is 0.289 e. The van der Waals surface area contributed by atoms with E-state index in [0.717, 1.165) is 19.3 Å². The van der Waals surface area contributed by atoms with Crippen molar-refractivity contribution in [3.8, 4) is 0 Å². The summed E-state index contributed by atoms with van der Waals surface area (Å²) in [5, 5.41) is 11.1. The summed E-state index contributed by atoms with van der Waals surface area (Å²) < 4.78 is 27.0. The van der Waals surface area contributed by atoms with Crippen LogP contribution in [0.25, 0.3) is 0 Å². The van der Waals surface area contributed by atoms with Crippen LogP contribution in [0.3, 0.4) is 0 Å². The first-order chi connectivity index (χ1) is 9.91. The molecule has 3 atom stereocenters. The van der Waals surface area contributed by atoms with Gasteiger partial charge in [-0.3, -0.25) is 10.1 Å². The van der Waals surface area contributed by atoms with Crippen LogP contribution in [0.15, 0.2) is 29.2 Å². The smallest absolute Gasteiger partial charge is 0.289 e. The summed E-state index contributed by atoms with van der Waals surface area (Å²) in [7, 11) is -3.89. The van der Waals surface area contributed by atoms with Crippen molar-refractivity contribution < 1.29 is 13.3 Å². The van der Waals surface area contributed by atoms with Crippen molar-refractivity contribution in [1.82, 2.24) is 4.31 Å². The van der Waals surface area contributed by atoms with Crippen molar-refractivity contribution in [3.63, 3.8) is 0 Å². The highest BCUT2D eigenvalue weighted by molar-refractivity contribution is 7.89. The van der Waals surface area contributed by atoms with E-state index < -0.39 is 14.9 Å². The molecular formula is C13H17N3O4S. The van der Waals surface area contributed by atoms with Gasteiger partial charge in [-0.25, -0.2) is 8.42 Å². The number of hydrogen-bond donors (Lipinski definition) is 1. The van der Waals surface area contributed by atoms with Gasteiger partial charge in [-0.1, -0.05) is 12.1 Å². The molecule has 2 N–H and O–H groups in total. The van der Waals surface area contributed by atoms with Gasteiger partial charge >= 0.3 is 0 Å². The zero-order valence-corrected chi connectivity index (χ0v) is 12.2. The molecule has 3 fully saturated rings. The Balaban J connectivity index is 2.04. The third kappa shape index (κ3) is 2.33. The highest BCUT2D eigenvalue weighted by atomic mass is 32.2. The van der Waals surface area contributed by atoms with Crippen LogP contribution in [0, 0.1) is 16.0 Å². The lowest BCUT2D eigenvalue weighted by Gasteiger charge is -2.47. The Morgan fingerprint density at radius 2 is 2.00 bits per heavy atom. The zero-order chi connectivity index (χ0) is 15.2. The number of rotatable bonds is 3. The molecule has 0 amide bonds. The van der Waals surface area contributed by atoms with Crippen LogP contribution in [-0.2, 0) is 10.0 Å². The number of benzene rings is 1. The van der Waals surface area contributed by atoms with Gasteiger partial charge in [0.1, 0.15) is 0 Å². The number of nitro benzene ring substituents is 1. The molecule has 2 heterocycles. The normalized spacial score (nSPS) is 29.5. The molecule has 4 rings (SSSR count). The average molecular weight is 311 g/mol. The van der Waals surface area contributed by atoms with Crippen LogP contribution >= 0.6 is 0 Å². The molecule has 8 heteroatoms. The van der Waals surface area contributed by atoms with E-state index >= 15 is 0 Å². The van der Waals surface area contributed by atoms with Gasteiger partial charge in [0.25, 0.3) is 5.69 Å². The molecule has 7 nitrogen and oxygen atoms in total. The molecule has 0 spiro atoms. The van der Waals surface area contributed by atoms with Crippen molar-refractivity contribution in [2.75, 3.05) is 6.54 Å². The Morgan fingerprint density at radius 3 is 2.62 bits per heavy atom. The minimum Gasteiger partial charge on any atom is -0.326 e. The lowest BCUT2D eigenvalue weighted by Crippen LogP contribution is -2.60. The van der Waals surface area contributed by atoms with Gasteiger partial charge in [0, 0.05) is 24.7 Å². The summed E-state index contributed by atoms with van der Waals surface area (Å²) in [6, 6.07) is 5.04. The number of nitro groups is 1. The highest BCUT2D eigenvalue weighted by Crippen LogP contribution is 2.39. The lowest BCUT2D eigenvalue weighted by atomic mass is 9.78. The minimum atomic E-state index is -3.89. The van der Waals surface area contributed by atoms with Gasteiger partial charge in [-0.05, 0) is 31.2 Å². The van der Waals surface area contributed by atoms with Gasteiger partial charge < -0.3 is 5.73 Å². The predicted octanol–water partition coefficient (Wildman–Crippen LogP) is 1.10. The third-order valence-corrected chi connectivity index (χ3v) is 6.37. The molecule has 0 aromatic heterocycles. The molecule has 2 saturated heterocycles. The molecule has 1 aliphatic carbocycles. The lowest BCUT2D eigenvalue weighted by molar-refractivity contribution is -0.387. The van der Waals surface area contributed by atoms with Crippen LogP contribution in [0.4, 0.5) is 5.69 Å². The van der Waals surface area contributed by atoms with Gasteiger partial charge in [-0.2, -0.15) is 4.31 Å². The van der Waals surface area contributed by atoms with Crippen LogP contribution in [0.1, 0.15) is 19.3 Å². The average Bonchev–Trinajstić information content (AvgIpc) is 2.47. The van der Waals surface area contributed by atoms with Crippen molar-refractivity contribution in [1.29, 1.82) is 0 Å². The van der Waals surface area contributed by atoms with Crippen LogP contribution in [0.2, 0.25) is 0 Å². The Labute approximate surface area is 122 Å². The number of fused-ring (bicyclic) bond motifs is 3. The van der Waals surface area contributed by atoms with Crippen LogP contribution in [-0.4, -0.2) is 36.3 Å². The first-order valence-corrected chi connectivity index (χ1v) is 8.36. The number of hydrogen-bond acceptors (Lipinski definition) is 5. The summed E-state index contributed by atoms with van der Waals surface area (Å²) in [5.41, 5.74) is 5.66. The van der Waals surface area contributed by atoms with Gasteiger partial charge in [0.15, 0.2) is 4.90 Å². The maximum absolute atomic E-state index is 12.8. The van der Waals surface area contributed by atoms with E-state index in [-0.39, 0.29) is 28.6 Å². The number of sulfonamides is 1. The Morgan fingerprint density at radius 1 is 1.29 bits per heavy atom. The van der Waals surface area contributed by atoms with E-state index in [2.05, 4.69) is 0 Å². The number of piperidine rings is 2. The van der Waals surface area contributed by atoms with Gasteiger partial charge in [0.05, 0.1) is 4.92 Å². The molecule has 0 radical (unpaired) electrons. The van der Waals surface area contributed by atoms with E-state index in [1.54, 1.807) is 0 Å². The standard InChI is InChI=1S/C13H17N3O4S/c14-10-7-9-5-6-11(10)15(8-9)21(19,20)13-4-2-1-3-12(13)16(17)18/h1-4,9-11H,5-8,14H2. The molecule has 3 unspecified atom stereocenters. The van der Waals surface area contributed by atoms with Gasteiger partial charge in [0.2, 0.25) is 10.0 Å². The van der Waals surface area contributed by atoms with E-state index in [9.17, 15) is 18.5 Å². The second-order valence-electron chi connectivity index (χ2n) is 5.71. The molecule has 1 saturated carbocycles. The second kappa shape index (κ2) is 5.04. The summed E-state index contributed by atoms with van der Waals surface area (Å²) in [4.78, 5) is 10.2. The Hall–Kier alpha value is -1.51. The van der Waals surface area contributed by atoms with Crippen molar-refractivity contribution in [2.24, 2.45) is 11.7 Å². The molecule has 21 heavy (non-hydrogen) atoms. The topological polar surface area (TPSA) is 107 Å². The fraction of sp³-hybridized carbons (Fsp3) is 0.538. The predicted molar refractivity (Wildman–Crippen MR) is 76.1 cm³/mol. The fourth-order valence-electron chi connectivity index (χ4n) is 3.42. The molecule has 114 valence electrons. The Bertz CT molecular complexity index is 676. The summed E-state index contributed by atoms with van der Waals surface area (Å²) >= 11 is 0. The quantitative estimate of drug-likeness (QED) is 0.664. The summed E-state index contributed by atoms with van der Waals surface area (Å²) in [6.07, 6.45) is 2.53. The fourth-order valence-corrected chi connectivity index (χ4v) is 5.36. The monoisotopic (exact) mass is 311 g/mol. The molecule has 3 aliphatic rings. The minimum absolute atomic E-state index is 0.185. The SMILES string of the molecule is NC1CC2CCC1N(S(=O)(=O)c1ccccc1[N+](=O)[O-])C2. The molecule has 1 aromatic carbocycles. The second-order valence-corrected chi connectivity index (χ2v) is 7.57. The molecule has 1 aromatic rings. The van der Waals surface area contributed by atoms with Gasteiger partial charge in [-0.15, -0.1) is 0 Å². The van der Waals surface area contributed by atoms with Crippen molar-refractivity contribution >= 4 is 15.7 Å². The Kier molecular flexibility index (Phi) is 3.46. The molecule has 2 bridgehead atoms. The molecular weight excluding hydrogens is 294 g/mol. The summed E-state index contributed by atoms with van der Waals surface area (Å²) in [6.45, 7) is 0.409. The van der Waals surface area contributed by atoms with E-state index in [1.807, 2.05) is 0 Å². The van der Waals surface area contributed by atoms with E-state index in [0.29, 0.717) is 6.54 Å². The number of para-hydroxylation sites is 1. The van der Waals surface area contributed by atoms with E-state index in [4.69, 9.17) is 5.73 Å². The number of nitrogens with two attached hydrogens (primary N) is 1. The summed E-state index contributed by atoms with van der Waals surface area (Å²) in [5.74, 6) is 0.252. The molecule has 2 aliphatic heterocycles. The van der Waals surface area contributed by atoms with Crippen LogP contribution < -0.4 is 5.73 Å². The third-order valence-electron chi connectivity index (χ3n) is 4.43. The van der Waals surface area contributed by atoms with E-state index in [1.165, 1.54) is 28.6 Å². The van der Waals surface area contributed by atoms with Crippen molar-refractivity contribution in [2.45, 2.75) is 36.2 Å². The first-order valence-electron chi connectivity index (χ1n) is 6.92. The first kappa shape index (κ1) is 14.4. The highest BCUT2D eigenvalue weighted by Gasteiger charge is 2.46. The van der Waals surface area contributed by atoms with Crippen molar-refractivity contribution in [3.05, 3.63) is 34.4 Å².